The van der Waals surface area contributed by atoms with Gasteiger partial charge in [-0.2, -0.15) is 5.10 Å². The molecule has 2 aromatic heterocycles. The van der Waals surface area contributed by atoms with Crippen LogP contribution < -0.4 is 4.90 Å². The molecule has 3 heterocycles. The van der Waals surface area contributed by atoms with E-state index in [1.165, 1.54) is 6.07 Å². The van der Waals surface area contributed by atoms with E-state index in [1.54, 1.807) is 4.68 Å². The zero-order valence-electron chi connectivity index (χ0n) is 15.9. The predicted octanol–water partition coefficient (Wildman–Crippen LogP) is 3.56. The second-order valence-electron chi connectivity index (χ2n) is 7.33. The summed E-state index contributed by atoms with van der Waals surface area (Å²) in [5, 5.41) is 15.3. The Hall–Kier alpha value is -2.80. The van der Waals surface area contributed by atoms with Crippen LogP contribution in [0.5, 0.6) is 0 Å². The van der Waals surface area contributed by atoms with Gasteiger partial charge in [0.2, 0.25) is 0 Å². The molecule has 0 aliphatic carbocycles. The molecule has 7 heteroatoms. The van der Waals surface area contributed by atoms with E-state index in [0.29, 0.717) is 31.5 Å². The standard InChI is InChI=1S/C21H22F2N4O/c1-14-16(13-26(2)25-14)19-4-3-5-20(24-19)27-10-8-21(28,9-11-27)15-6-7-17(22)18(23)12-15/h3-7,12-13,28H,8-11H2,1-2H3. The topological polar surface area (TPSA) is 54.2 Å². The Bertz CT molecular complexity index is 1010. The summed E-state index contributed by atoms with van der Waals surface area (Å²) < 4.78 is 28.5. The van der Waals surface area contributed by atoms with Crippen LogP contribution in [-0.2, 0) is 12.6 Å². The van der Waals surface area contributed by atoms with Crippen LogP contribution in [0.1, 0.15) is 24.1 Å². The Morgan fingerprint density at radius 1 is 1.07 bits per heavy atom. The first-order chi connectivity index (χ1) is 13.4. The van der Waals surface area contributed by atoms with Crippen LogP contribution in [0, 0.1) is 18.6 Å². The number of piperidine rings is 1. The molecule has 5 nitrogen and oxygen atoms in total. The van der Waals surface area contributed by atoms with E-state index in [-0.39, 0.29) is 0 Å². The number of pyridine rings is 1. The van der Waals surface area contributed by atoms with Gasteiger partial charge in [0, 0.05) is 31.9 Å². The summed E-state index contributed by atoms with van der Waals surface area (Å²) in [5.41, 5.74) is 2.00. The fourth-order valence-corrected chi connectivity index (χ4v) is 3.78. The maximum absolute atomic E-state index is 13.6. The highest BCUT2D eigenvalue weighted by Crippen LogP contribution is 2.35. The lowest BCUT2D eigenvalue weighted by Crippen LogP contribution is -2.43. The minimum atomic E-state index is -1.16. The number of aliphatic hydroxyl groups is 1. The average molecular weight is 384 g/mol. The molecule has 3 aromatic rings. The number of nitrogens with zero attached hydrogens (tertiary/aromatic N) is 4. The third-order valence-electron chi connectivity index (χ3n) is 5.40. The van der Waals surface area contributed by atoms with E-state index in [1.807, 2.05) is 38.4 Å². The molecule has 0 radical (unpaired) electrons. The average Bonchev–Trinajstić information content (AvgIpc) is 3.03. The number of hydrogen-bond acceptors (Lipinski definition) is 4. The molecule has 4 rings (SSSR count). The fraction of sp³-hybridized carbons (Fsp3) is 0.333. The predicted molar refractivity (Wildman–Crippen MR) is 103 cm³/mol. The molecule has 1 saturated heterocycles. The lowest BCUT2D eigenvalue weighted by Gasteiger charge is -2.39. The number of aromatic nitrogens is 3. The Kier molecular flexibility index (Phi) is 4.63. The highest BCUT2D eigenvalue weighted by atomic mass is 19.2. The van der Waals surface area contributed by atoms with Crippen molar-refractivity contribution < 1.29 is 13.9 Å². The molecule has 0 amide bonds. The third kappa shape index (κ3) is 3.38. The molecule has 0 saturated carbocycles. The normalized spacial score (nSPS) is 16.4. The van der Waals surface area contributed by atoms with Crippen LogP contribution in [-0.4, -0.2) is 33.0 Å². The SMILES string of the molecule is Cc1nn(C)cc1-c1cccc(N2CCC(O)(c3ccc(F)c(F)c3)CC2)n1. The van der Waals surface area contributed by atoms with Gasteiger partial charge >= 0.3 is 0 Å². The number of hydrogen-bond donors (Lipinski definition) is 1. The van der Waals surface area contributed by atoms with Crippen molar-refractivity contribution in [2.45, 2.75) is 25.4 Å². The quantitative estimate of drug-likeness (QED) is 0.750. The Morgan fingerprint density at radius 3 is 2.46 bits per heavy atom. The van der Waals surface area contributed by atoms with Gasteiger partial charge in [-0.15, -0.1) is 0 Å². The van der Waals surface area contributed by atoms with Crippen molar-refractivity contribution >= 4 is 5.82 Å². The first kappa shape index (κ1) is 18.6. The summed E-state index contributed by atoms with van der Waals surface area (Å²) in [4.78, 5) is 6.87. The molecule has 28 heavy (non-hydrogen) atoms. The highest BCUT2D eigenvalue weighted by molar-refractivity contribution is 5.63. The van der Waals surface area contributed by atoms with E-state index in [9.17, 15) is 13.9 Å². The number of aryl methyl sites for hydroxylation is 2. The molecule has 1 aliphatic heterocycles. The monoisotopic (exact) mass is 384 g/mol. The van der Waals surface area contributed by atoms with Crippen molar-refractivity contribution in [3.8, 4) is 11.3 Å². The van der Waals surface area contributed by atoms with Crippen LogP contribution in [0.3, 0.4) is 0 Å². The molecule has 0 unspecified atom stereocenters. The van der Waals surface area contributed by atoms with E-state index in [4.69, 9.17) is 4.98 Å². The van der Waals surface area contributed by atoms with Crippen molar-refractivity contribution in [2.24, 2.45) is 7.05 Å². The van der Waals surface area contributed by atoms with E-state index >= 15 is 0 Å². The van der Waals surface area contributed by atoms with Crippen LogP contribution in [0.15, 0.2) is 42.6 Å². The smallest absolute Gasteiger partial charge is 0.159 e. The molecule has 1 aliphatic rings. The molecular weight excluding hydrogens is 362 g/mol. The Balaban J connectivity index is 1.53. The lowest BCUT2D eigenvalue weighted by atomic mass is 9.84. The van der Waals surface area contributed by atoms with Gasteiger partial charge in [-0.1, -0.05) is 12.1 Å². The highest BCUT2D eigenvalue weighted by Gasteiger charge is 2.35. The summed E-state index contributed by atoms with van der Waals surface area (Å²) in [6.07, 6.45) is 2.77. The minimum absolute atomic E-state index is 0.413. The van der Waals surface area contributed by atoms with Crippen molar-refractivity contribution in [1.29, 1.82) is 0 Å². The van der Waals surface area contributed by atoms with Crippen LogP contribution in [0.4, 0.5) is 14.6 Å². The molecular formula is C21H22F2N4O. The van der Waals surface area contributed by atoms with Crippen molar-refractivity contribution in [3.05, 3.63) is 65.5 Å². The molecule has 146 valence electrons. The molecule has 0 atom stereocenters. The molecule has 0 spiro atoms. The number of anilines is 1. The molecule has 1 fully saturated rings. The summed E-state index contributed by atoms with van der Waals surface area (Å²) in [7, 11) is 1.88. The van der Waals surface area contributed by atoms with Crippen LogP contribution >= 0.6 is 0 Å². The van der Waals surface area contributed by atoms with Crippen molar-refractivity contribution in [3.63, 3.8) is 0 Å². The van der Waals surface area contributed by atoms with Gasteiger partial charge in [0.25, 0.3) is 0 Å². The van der Waals surface area contributed by atoms with Gasteiger partial charge in [-0.25, -0.2) is 13.8 Å². The second-order valence-corrected chi connectivity index (χ2v) is 7.33. The largest absolute Gasteiger partial charge is 0.385 e. The molecule has 1 N–H and O–H groups in total. The first-order valence-electron chi connectivity index (χ1n) is 9.26. The van der Waals surface area contributed by atoms with E-state index < -0.39 is 17.2 Å². The number of benzene rings is 1. The molecule has 1 aromatic carbocycles. The van der Waals surface area contributed by atoms with Gasteiger partial charge in [0.15, 0.2) is 11.6 Å². The zero-order chi connectivity index (χ0) is 19.9. The number of halogens is 2. The lowest BCUT2D eigenvalue weighted by molar-refractivity contribution is 0.0113. The summed E-state index contributed by atoms with van der Waals surface area (Å²) >= 11 is 0. The Morgan fingerprint density at radius 2 is 1.82 bits per heavy atom. The minimum Gasteiger partial charge on any atom is -0.385 e. The fourth-order valence-electron chi connectivity index (χ4n) is 3.78. The van der Waals surface area contributed by atoms with Gasteiger partial charge in [-0.05, 0) is 49.6 Å². The van der Waals surface area contributed by atoms with E-state index in [2.05, 4.69) is 10.00 Å². The maximum Gasteiger partial charge on any atom is 0.159 e. The zero-order valence-corrected chi connectivity index (χ0v) is 15.9. The summed E-state index contributed by atoms with van der Waals surface area (Å²) in [5.74, 6) is -1.01. The van der Waals surface area contributed by atoms with Crippen LogP contribution in [0.25, 0.3) is 11.3 Å². The van der Waals surface area contributed by atoms with Crippen molar-refractivity contribution in [1.82, 2.24) is 14.8 Å². The van der Waals surface area contributed by atoms with Gasteiger partial charge in [0.05, 0.1) is 17.0 Å². The summed E-state index contributed by atoms with van der Waals surface area (Å²) in [6, 6.07) is 9.47. The van der Waals surface area contributed by atoms with Gasteiger partial charge < -0.3 is 10.0 Å². The van der Waals surface area contributed by atoms with Gasteiger partial charge in [0.1, 0.15) is 5.82 Å². The molecule has 0 bridgehead atoms. The first-order valence-corrected chi connectivity index (χ1v) is 9.26. The number of rotatable bonds is 3. The van der Waals surface area contributed by atoms with Crippen molar-refractivity contribution in [2.75, 3.05) is 18.0 Å². The third-order valence-corrected chi connectivity index (χ3v) is 5.40. The Labute approximate surface area is 162 Å². The van der Waals surface area contributed by atoms with E-state index in [0.717, 1.165) is 34.9 Å². The second kappa shape index (κ2) is 6.98. The summed E-state index contributed by atoms with van der Waals surface area (Å²) in [6.45, 7) is 3.09. The van der Waals surface area contributed by atoms with Crippen LogP contribution in [0.2, 0.25) is 0 Å². The maximum atomic E-state index is 13.6. The van der Waals surface area contributed by atoms with Gasteiger partial charge in [-0.3, -0.25) is 4.68 Å².